The number of hydrogen-bond acceptors (Lipinski definition) is 4. The van der Waals surface area contributed by atoms with Crippen LogP contribution in [0.1, 0.15) is 27.7 Å². The van der Waals surface area contributed by atoms with E-state index in [1.807, 2.05) is 27.7 Å². The van der Waals surface area contributed by atoms with Gasteiger partial charge in [-0.1, -0.05) is 0 Å². The predicted molar refractivity (Wildman–Crippen MR) is 59.2 cm³/mol. The van der Waals surface area contributed by atoms with Crippen LogP contribution in [0.15, 0.2) is 0 Å². The smallest absolute Gasteiger partial charge is 0.410 e. The van der Waals surface area contributed by atoms with E-state index in [9.17, 15) is 4.79 Å². The van der Waals surface area contributed by atoms with E-state index in [-0.39, 0.29) is 24.8 Å². The van der Waals surface area contributed by atoms with Gasteiger partial charge in [0.1, 0.15) is 5.60 Å². The summed E-state index contributed by atoms with van der Waals surface area (Å²) in [6.07, 6.45) is -0.406. The van der Waals surface area contributed by atoms with Crippen LogP contribution >= 0.6 is 0 Å². The molecule has 0 radical (unpaired) electrons. The van der Waals surface area contributed by atoms with Crippen molar-refractivity contribution in [2.45, 2.75) is 45.4 Å². The molecule has 1 aliphatic heterocycles. The predicted octanol–water partition coefficient (Wildman–Crippen LogP) is 1.00. The van der Waals surface area contributed by atoms with E-state index >= 15 is 0 Å². The number of aliphatic hydroxyl groups is 1. The molecule has 1 saturated heterocycles. The van der Waals surface area contributed by atoms with Gasteiger partial charge in [-0.25, -0.2) is 4.79 Å². The second-order valence-corrected chi connectivity index (χ2v) is 5.11. The van der Waals surface area contributed by atoms with Crippen molar-refractivity contribution in [3.8, 4) is 0 Å². The molecule has 0 aromatic heterocycles. The molecule has 1 N–H and O–H groups in total. The Morgan fingerprint density at radius 1 is 1.56 bits per heavy atom. The zero-order valence-electron chi connectivity index (χ0n) is 10.4. The highest BCUT2D eigenvalue weighted by Crippen LogP contribution is 2.16. The fraction of sp³-hybridized carbons (Fsp3) is 0.909. The number of carbonyl (C=O) groups is 1. The van der Waals surface area contributed by atoms with E-state index in [1.54, 1.807) is 4.90 Å². The second-order valence-electron chi connectivity index (χ2n) is 5.11. The summed E-state index contributed by atoms with van der Waals surface area (Å²) >= 11 is 0. The number of hydrogen-bond donors (Lipinski definition) is 1. The van der Waals surface area contributed by atoms with E-state index in [0.717, 1.165) is 0 Å². The van der Waals surface area contributed by atoms with E-state index < -0.39 is 5.60 Å². The first kappa shape index (κ1) is 13.3. The maximum Gasteiger partial charge on any atom is 0.410 e. The Labute approximate surface area is 96.3 Å². The van der Waals surface area contributed by atoms with Crippen LogP contribution < -0.4 is 0 Å². The van der Waals surface area contributed by atoms with E-state index in [0.29, 0.717) is 13.2 Å². The molecule has 0 spiro atoms. The Morgan fingerprint density at radius 2 is 2.19 bits per heavy atom. The van der Waals surface area contributed by atoms with Crippen LogP contribution in [-0.2, 0) is 9.47 Å². The van der Waals surface area contributed by atoms with Gasteiger partial charge < -0.3 is 14.6 Å². The van der Waals surface area contributed by atoms with Gasteiger partial charge in [0.15, 0.2) is 0 Å². The molecular weight excluding hydrogens is 210 g/mol. The van der Waals surface area contributed by atoms with Gasteiger partial charge >= 0.3 is 6.09 Å². The van der Waals surface area contributed by atoms with Crippen molar-refractivity contribution in [3.63, 3.8) is 0 Å². The second kappa shape index (κ2) is 5.01. The van der Waals surface area contributed by atoms with Gasteiger partial charge in [0.25, 0.3) is 0 Å². The van der Waals surface area contributed by atoms with Gasteiger partial charge in [-0.15, -0.1) is 0 Å². The summed E-state index contributed by atoms with van der Waals surface area (Å²) < 4.78 is 10.7. The van der Waals surface area contributed by atoms with Gasteiger partial charge in [0.05, 0.1) is 31.9 Å². The molecule has 1 heterocycles. The number of carbonyl (C=O) groups excluding carboxylic acids is 1. The lowest BCUT2D eigenvalue weighted by Crippen LogP contribution is -2.54. The number of nitrogens with zero attached hydrogens (tertiary/aromatic N) is 1. The average Bonchev–Trinajstić information content (AvgIpc) is 2.15. The maximum absolute atomic E-state index is 11.9. The topological polar surface area (TPSA) is 59.0 Å². The van der Waals surface area contributed by atoms with E-state index in [2.05, 4.69) is 0 Å². The van der Waals surface area contributed by atoms with Crippen LogP contribution in [0, 0.1) is 0 Å². The minimum atomic E-state index is -0.515. The summed E-state index contributed by atoms with van der Waals surface area (Å²) in [5.74, 6) is 0. The number of ether oxygens (including phenoxy) is 2. The van der Waals surface area contributed by atoms with Crippen LogP contribution in [0.5, 0.6) is 0 Å². The van der Waals surface area contributed by atoms with E-state index in [4.69, 9.17) is 14.6 Å². The van der Waals surface area contributed by atoms with Crippen molar-refractivity contribution in [1.29, 1.82) is 0 Å². The normalized spacial score (nSPS) is 26.7. The highest BCUT2D eigenvalue weighted by atomic mass is 16.6. The molecule has 2 atom stereocenters. The largest absolute Gasteiger partial charge is 0.444 e. The molecular formula is C11H21NO4. The molecule has 0 bridgehead atoms. The van der Waals surface area contributed by atoms with Crippen molar-refractivity contribution in [3.05, 3.63) is 0 Å². The van der Waals surface area contributed by atoms with Crippen LogP contribution in [0.3, 0.4) is 0 Å². The molecule has 1 aliphatic rings. The SMILES string of the molecule is CC1CN(C(=O)OC(C)(C)C)C(CO)CO1. The Morgan fingerprint density at radius 3 is 2.69 bits per heavy atom. The first-order chi connectivity index (χ1) is 7.33. The first-order valence-electron chi connectivity index (χ1n) is 5.55. The summed E-state index contributed by atoms with van der Waals surface area (Å²) in [6.45, 7) is 8.07. The van der Waals surface area contributed by atoms with Gasteiger partial charge in [0, 0.05) is 0 Å². The lowest BCUT2D eigenvalue weighted by Gasteiger charge is -2.38. The third-order valence-electron chi connectivity index (χ3n) is 2.31. The van der Waals surface area contributed by atoms with Crippen LogP contribution in [0.2, 0.25) is 0 Å². The van der Waals surface area contributed by atoms with Gasteiger partial charge in [-0.2, -0.15) is 0 Å². The van der Waals surface area contributed by atoms with Crippen molar-refractivity contribution < 1.29 is 19.4 Å². The molecule has 16 heavy (non-hydrogen) atoms. The number of amides is 1. The minimum absolute atomic E-state index is 0.0182. The molecule has 94 valence electrons. The molecule has 5 nitrogen and oxygen atoms in total. The van der Waals surface area contributed by atoms with Crippen LogP contribution in [-0.4, -0.2) is 53.6 Å². The number of aliphatic hydroxyl groups excluding tert-OH is 1. The zero-order chi connectivity index (χ0) is 12.3. The van der Waals surface area contributed by atoms with Crippen molar-refractivity contribution in [2.75, 3.05) is 19.8 Å². The van der Waals surface area contributed by atoms with Crippen molar-refractivity contribution in [1.82, 2.24) is 4.90 Å². The van der Waals surface area contributed by atoms with Gasteiger partial charge in [-0.3, -0.25) is 4.90 Å². The standard InChI is InChI=1S/C11H21NO4/c1-8-5-12(9(6-13)7-15-8)10(14)16-11(2,3)4/h8-9,13H,5-7H2,1-4H3. The average molecular weight is 231 g/mol. The molecule has 1 amide bonds. The Balaban J connectivity index is 2.63. The molecule has 0 aliphatic carbocycles. The quantitative estimate of drug-likeness (QED) is 0.731. The summed E-state index contributed by atoms with van der Waals surface area (Å²) in [5, 5.41) is 9.17. The zero-order valence-corrected chi connectivity index (χ0v) is 10.4. The molecule has 0 aromatic rings. The van der Waals surface area contributed by atoms with Crippen molar-refractivity contribution >= 4 is 6.09 Å². The maximum atomic E-state index is 11.9. The minimum Gasteiger partial charge on any atom is -0.444 e. The highest BCUT2D eigenvalue weighted by Gasteiger charge is 2.32. The lowest BCUT2D eigenvalue weighted by atomic mass is 10.2. The Kier molecular flexibility index (Phi) is 4.15. The van der Waals surface area contributed by atoms with Gasteiger partial charge in [-0.05, 0) is 27.7 Å². The molecule has 2 unspecified atom stereocenters. The van der Waals surface area contributed by atoms with Crippen molar-refractivity contribution in [2.24, 2.45) is 0 Å². The molecule has 0 aromatic carbocycles. The fourth-order valence-corrected chi connectivity index (χ4v) is 1.54. The molecule has 1 rings (SSSR count). The lowest BCUT2D eigenvalue weighted by molar-refractivity contribution is -0.0741. The van der Waals surface area contributed by atoms with Gasteiger partial charge in [0.2, 0.25) is 0 Å². The third-order valence-corrected chi connectivity index (χ3v) is 2.31. The van der Waals surface area contributed by atoms with Crippen LogP contribution in [0.25, 0.3) is 0 Å². The number of morpholine rings is 1. The molecule has 0 saturated carbocycles. The Hall–Kier alpha value is -0.810. The number of rotatable bonds is 1. The fourth-order valence-electron chi connectivity index (χ4n) is 1.54. The third kappa shape index (κ3) is 3.64. The summed E-state index contributed by atoms with van der Waals surface area (Å²) in [7, 11) is 0. The van der Waals surface area contributed by atoms with E-state index in [1.165, 1.54) is 0 Å². The summed E-state index contributed by atoms with van der Waals surface area (Å²) in [5.41, 5.74) is -0.515. The highest BCUT2D eigenvalue weighted by molar-refractivity contribution is 5.68. The molecule has 5 heteroatoms. The Bertz CT molecular complexity index is 249. The molecule has 1 fully saturated rings. The first-order valence-corrected chi connectivity index (χ1v) is 5.55. The summed E-state index contributed by atoms with van der Waals surface area (Å²) in [6, 6.07) is -0.300. The van der Waals surface area contributed by atoms with Crippen LogP contribution in [0.4, 0.5) is 4.79 Å². The monoisotopic (exact) mass is 231 g/mol. The summed E-state index contributed by atoms with van der Waals surface area (Å²) in [4.78, 5) is 13.4.